The van der Waals surface area contributed by atoms with Gasteiger partial charge >= 0.3 is 0 Å². The lowest BCUT2D eigenvalue weighted by atomic mass is 9.82. The smallest absolute Gasteiger partial charge is 0.122 e. The van der Waals surface area contributed by atoms with Gasteiger partial charge in [0.1, 0.15) is 11.4 Å². The Balaban J connectivity index is 2.46. The van der Waals surface area contributed by atoms with E-state index in [2.05, 4.69) is 32.2 Å². The molecule has 2 rings (SSSR count). The second kappa shape index (κ2) is 4.56. The van der Waals surface area contributed by atoms with Crippen LogP contribution >= 0.6 is 0 Å². The molecular formula is C15H23NO2. The van der Waals surface area contributed by atoms with Crippen molar-refractivity contribution in [1.82, 2.24) is 5.32 Å². The van der Waals surface area contributed by atoms with Crippen molar-refractivity contribution in [2.24, 2.45) is 0 Å². The normalized spacial score (nSPS) is 24.3. The number of aliphatic hydroxyl groups is 1. The predicted octanol–water partition coefficient (Wildman–Crippen LogP) is 2.17. The molecule has 1 unspecified atom stereocenters. The molecular weight excluding hydrogens is 226 g/mol. The first-order valence-corrected chi connectivity index (χ1v) is 6.49. The van der Waals surface area contributed by atoms with Crippen LogP contribution in [0.15, 0.2) is 18.2 Å². The van der Waals surface area contributed by atoms with Gasteiger partial charge in [-0.05, 0) is 41.6 Å². The Morgan fingerprint density at radius 2 is 2.06 bits per heavy atom. The predicted molar refractivity (Wildman–Crippen MR) is 73.1 cm³/mol. The summed E-state index contributed by atoms with van der Waals surface area (Å²) < 4.78 is 5.43. The third kappa shape index (κ3) is 2.38. The first kappa shape index (κ1) is 13.4. The van der Waals surface area contributed by atoms with Crippen molar-refractivity contribution in [3.8, 4) is 5.75 Å². The molecule has 1 aromatic rings. The highest BCUT2D eigenvalue weighted by molar-refractivity contribution is 5.43. The quantitative estimate of drug-likeness (QED) is 0.844. The van der Waals surface area contributed by atoms with Crippen LogP contribution in [0.5, 0.6) is 5.75 Å². The van der Waals surface area contributed by atoms with Crippen molar-refractivity contribution in [3.05, 3.63) is 29.3 Å². The minimum absolute atomic E-state index is 0.00372. The van der Waals surface area contributed by atoms with Crippen LogP contribution in [0, 0.1) is 0 Å². The van der Waals surface area contributed by atoms with Crippen LogP contribution in [-0.4, -0.2) is 25.3 Å². The van der Waals surface area contributed by atoms with Crippen molar-refractivity contribution < 1.29 is 9.84 Å². The fourth-order valence-corrected chi connectivity index (χ4v) is 2.51. The second-order valence-corrected chi connectivity index (χ2v) is 6.12. The summed E-state index contributed by atoms with van der Waals surface area (Å²) in [5.74, 6) is 0.890. The highest BCUT2D eigenvalue weighted by atomic mass is 16.5. The van der Waals surface area contributed by atoms with Crippen LogP contribution in [0.3, 0.4) is 0 Å². The number of hydrogen-bond acceptors (Lipinski definition) is 3. The van der Waals surface area contributed by atoms with E-state index in [1.165, 1.54) is 0 Å². The van der Waals surface area contributed by atoms with Crippen molar-refractivity contribution in [1.29, 1.82) is 0 Å². The third-order valence-corrected chi connectivity index (χ3v) is 3.68. The van der Waals surface area contributed by atoms with Gasteiger partial charge in [-0.15, -0.1) is 0 Å². The average molecular weight is 249 g/mol. The van der Waals surface area contributed by atoms with E-state index in [0.717, 1.165) is 29.8 Å². The van der Waals surface area contributed by atoms with E-state index >= 15 is 0 Å². The fourth-order valence-electron chi connectivity index (χ4n) is 2.51. The Hall–Kier alpha value is -1.06. The maximum Gasteiger partial charge on any atom is 0.122 e. The van der Waals surface area contributed by atoms with E-state index in [0.29, 0.717) is 6.54 Å². The lowest BCUT2D eigenvalue weighted by Gasteiger charge is -2.27. The van der Waals surface area contributed by atoms with E-state index in [1.54, 1.807) is 7.11 Å². The highest BCUT2D eigenvalue weighted by Crippen LogP contribution is 2.36. The lowest BCUT2D eigenvalue weighted by molar-refractivity contribution is 0.0585. The van der Waals surface area contributed by atoms with Gasteiger partial charge < -0.3 is 15.2 Å². The van der Waals surface area contributed by atoms with Gasteiger partial charge in [0.25, 0.3) is 0 Å². The number of rotatable bonds is 2. The van der Waals surface area contributed by atoms with E-state index in [4.69, 9.17) is 4.74 Å². The minimum Gasteiger partial charge on any atom is -0.496 e. The van der Waals surface area contributed by atoms with E-state index < -0.39 is 5.60 Å². The number of methoxy groups -OCH3 is 1. The lowest BCUT2D eigenvalue weighted by Crippen LogP contribution is -2.29. The largest absolute Gasteiger partial charge is 0.496 e. The summed E-state index contributed by atoms with van der Waals surface area (Å²) in [6.07, 6.45) is 0.767. The maximum atomic E-state index is 10.6. The third-order valence-electron chi connectivity index (χ3n) is 3.68. The van der Waals surface area contributed by atoms with Gasteiger partial charge in [-0.1, -0.05) is 26.8 Å². The molecule has 100 valence electrons. The van der Waals surface area contributed by atoms with Crippen molar-refractivity contribution in [2.45, 2.75) is 38.2 Å². The molecule has 0 spiro atoms. The zero-order valence-electron chi connectivity index (χ0n) is 11.7. The van der Waals surface area contributed by atoms with Crippen LogP contribution in [0.2, 0.25) is 0 Å². The SMILES string of the molecule is COc1ccc(C2(O)CCNC2)cc1C(C)(C)C. The molecule has 0 aliphatic carbocycles. The van der Waals surface area contributed by atoms with Gasteiger partial charge in [0.2, 0.25) is 0 Å². The maximum absolute atomic E-state index is 10.6. The van der Waals surface area contributed by atoms with Crippen molar-refractivity contribution in [3.63, 3.8) is 0 Å². The fraction of sp³-hybridized carbons (Fsp3) is 0.600. The minimum atomic E-state index is -0.730. The van der Waals surface area contributed by atoms with Crippen LogP contribution in [-0.2, 0) is 11.0 Å². The standard InChI is InChI=1S/C15H23NO2/c1-14(2,3)12-9-11(5-6-13(12)18-4)15(17)7-8-16-10-15/h5-6,9,16-17H,7-8,10H2,1-4H3. The molecule has 1 saturated heterocycles. The second-order valence-electron chi connectivity index (χ2n) is 6.12. The molecule has 1 atom stereocenters. The number of β-amino-alcohol motifs (C(OH)–C–C–N with tert-alkyl or cyclic N) is 1. The summed E-state index contributed by atoms with van der Waals surface area (Å²) >= 11 is 0. The Labute approximate surface area is 109 Å². The summed E-state index contributed by atoms with van der Waals surface area (Å²) in [5, 5.41) is 13.8. The molecule has 2 N–H and O–H groups in total. The summed E-state index contributed by atoms with van der Waals surface area (Å²) in [6.45, 7) is 7.97. The molecule has 1 heterocycles. The summed E-state index contributed by atoms with van der Waals surface area (Å²) in [5.41, 5.74) is 1.40. The van der Waals surface area contributed by atoms with Gasteiger partial charge in [-0.2, -0.15) is 0 Å². The Kier molecular flexibility index (Phi) is 3.39. The molecule has 3 nitrogen and oxygen atoms in total. The van der Waals surface area contributed by atoms with Crippen LogP contribution in [0.4, 0.5) is 0 Å². The molecule has 0 amide bonds. The van der Waals surface area contributed by atoms with Crippen molar-refractivity contribution >= 4 is 0 Å². The monoisotopic (exact) mass is 249 g/mol. The average Bonchev–Trinajstić information content (AvgIpc) is 2.75. The summed E-state index contributed by atoms with van der Waals surface area (Å²) in [4.78, 5) is 0. The van der Waals surface area contributed by atoms with E-state index in [9.17, 15) is 5.11 Å². The summed E-state index contributed by atoms with van der Waals surface area (Å²) in [7, 11) is 1.69. The molecule has 3 heteroatoms. The number of nitrogens with one attached hydrogen (secondary N) is 1. The number of benzene rings is 1. The first-order valence-electron chi connectivity index (χ1n) is 6.49. The van der Waals surface area contributed by atoms with Crippen LogP contribution in [0.1, 0.15) is 38.3 Å². The van der Waals surface area contributed by atoms with Gasteiger partial charge in [0.05, 0.1) is 7.11 Å². The molecule has 1 aliphatic rings. The molecule has 1 fully saturated rings. The van der Waals surface area contributed by atoms with Crippen molar-refractivity contribution in [2.75, 3.05) is 20.2 Å². The molecule has 0 radical (unpaired) electrons. The van der Waals surface area contributed by atoms with Gasteiger partial charge in [0, 0.05) is 6.54 Å². The first-order chi connectivity index (χ1) is 8.37. The van der Waals surface area contributed by atoms with Gasteiger partial charge in [-0.3, -0.25) is 0 Å². The van der Waals surface area contributed by atoms with Crippen LogP contribution < -0.4 is 10.1 Å². The van der Waals surface area contributed by atoms with Gasteiger partial charge in [0.15, 0.2) is 0 Å². The highest BCUT2D eigenvalue weighted by Gasteiger charge is 2.34. The zero-order valence-corrected chi connectivity index (χ0v) is 11.7. The van der Waals surface area contributed by atoms with E-state index in [-0.39, 0.29) is 5.41 Å². The Bertz CT molecular complexity index is 429. The summed E-state index contributed by atoms with van der Waals surface area (Å²) in [6, 6.07) is 6.03. The molecule has 1 aromatic carbocycles. The Morgan fingerprint density at radius 1 is 1.33 bits per heavy atom. The number of ether oxygens (including phenoxy) is 1. The molecule has 1 aliphatic heterocycles. The molecule has 0 saturated carbocycles. The van der Waals surface area contributed by atoms with E-state index in [1.807, 2.05) is 12.1 Å². The van der Waals surface area contributed by atoms with Crippen LogP contribution in [0.25, 0.3) is 0 Å². The van der Waals surface area contributed by atoms with Gasteiger partial charge in [-0.25, -0.2) is 0 Å². The molecule has 0 aromatic heterocycles. The molecule has 18 heavy (non-hydrogen) atoms. The Morgan fingerprint density at radius 3 is 2.56 bits per heavy atom. The zero-order chi connectivity index (χ0) is 13.4. The number of hydrogen-bond donors (Lipinski definition) is 2. The topological polar surface area (TPSA) is 41.5 Å². The molecule has 0 bridgehead atoms.